The number of nitrogens with one attached hydrogen (secondary N) is 1. The van der Waals surface area contributed by atoms with Crippen LogP contribution in [0.25, 0.3) is 0 Å². The molecule has 84 valence electrons. The van der Waals surface area contributed by atoms with Crippen LogP contribution in [0.1, 0.15) is 23.6 Å². The number of hydrogen-bond acceptors (Lipinski definition) is 2. The van der Waals surface area contributed by atoms with Crippen molar-refractivity contribution in [3.63, 3.8) is 0 Å². The Kier molecular flexibility index (Phi) is 4.92. The molecule has 0 saturated carbocycles. The minimum absolute atomic E-state index is 0.326. The summed E-state index contributed by atoms with van der Waals surface area (Å²) >= 11 is 5.76. The van der Waals surface area contributed by atoms with Gasteiger partial charge in [0.1, 0.15) is 5.75 Å². The van der Waals surface area contributed by atoms with Crippen LogP contribution in [0, 0.1) is 6.92 Å². The third kappa shape index (κ3) is 3.11. The standard InChI is InChI=1S/C12H18ClNO/c1-9-8-10(4-5-12(9)15-3)11(14-2)6-7-13/h4-5,8,11,14H,6-7H2,1-3H3. The second kappa shape index (κ2) is 5.99. The van der Waals surface area contributed by atoms with E-state index < -0.39 is 0 Å². The Morgan fingerprint density at radius 2 is 2.20 bits per heavy atom. The van der Waals surface area contributed by atoms with Crippen LogP contribution in [-0.4, -0.2) is 20.0 Å². The lowest BCUT2D eigenvalue weighted by molar-refractivity contribution is 0.411. The van der Waals surface area contributed by atoms with Crippen molar-refractivity contribution in [2.75, 3.05) is 20.0 Å². The Hall–Kier alpha value is -0.730. The third-order valence-corrected chi connectivity index (χ3v) is 2.79. The van der Waals surface area contributed by atoms with E-state index in [0.29, 0.717) is 11.9 Å². The molecule has 3 heteroatoms. The van der Waals surface area contributed by atoms with E-state index in [2.05, 4.69) is 24.4 Å². The normalized spacial score (nSPS) is 12.5. The first-order valence-electron chi connectivity index (χ1n) is 5.10. The average Bonchev–Trinajstić information content (AvgIpc) is 2.25. The molecule has 0 aromatic heterocycles. The number of alkyl halides is 1. The predicted molar refractivity (Wildman–Crippen MR) is 64.9 cm³/mol. The molecule has 0 aliphatic carbocycles. The predicted octanol–water partition coefficient (Wildman–Crippen LogP) is 2.89. The fraction of sp³-hybridized carbons (Fsp3) is 0.500. The van der Waals surface area contributed by atoms with Crippen molar-refractivity contribution in [3.05, 3.63) is 29.3 Å². The van der Waals surface area contributed by atoms with E-state index in [1.807, 2.05) is 13.1 Å². The maximum Gasteiger partial charge on any atom is 0.121 e. The van der Waals surface area contributed by atoms with Crippen LogP contribution in [-0.2, 0) is 0 Å². The highest BCUT2D eigenvalue weighted by atomic mass is 35.5. The van der Waals surface area contributed by atoms with E-state index in [9.17, 15) is 0 Å². The van der Waals surface area contributed by atoms with Crippen LogP contribution in [0.5, 0.6) is 5.75 Å². The minimum atomic E-state index is 0.326. The number of rotatable bonds is 5. The van der Waals surface area contributed by atoms with Crippen molar-refractivity contribution in [1.29, 1.82) is 0 Å². The molecule has 1 unspecified atom stereocenters. The summed E-state index contributed by atoms with van der Waals surface area (Å²) in [5, 5.41) is 3.26. The number of ether oxygens (including phenoxy) is 1. The van der Waals surface area contributed by atoms with Crippen LogP contribution < -0.4 is 10.1 Å². The number of halogens is 1. The molecule has 0 aliphatic rings. The Bertz CT molecular complexity index is 314. The molecule has 0 aliphatic heterocycles. The zero-order valence-electron chi connectivity index (χ0n) is 9.51. The van der Waals surface area contributed by atoms with Crippen molar-refractivity contribution in [2.24, 2.45) is 0 Å². The van der Waals surface area contributed by atoms with Gasteiger partial charge in [-0.3, -0.25) is 0 Å². The van der Waals surface area contributed by atoms with Gasteiger partial charge in [-0.15, -0.1) is 11.6 Å². The van der Waals surface area contributed by atoms with E-state index in [1.54, 1.807) is 7.11 Å². The van der Waals surface area contributed by atoms with Crippen LogP contribution in [0.2, 0.25) is 0 Å². The van der Waals surface area contributed by atoms with Gasteiger partial charge in [0.15, 0.2) is 0 Å². The molecule has 1 N–H and O–H groups in total. The van der Waals surface area contributed by atoms with Crippen molar-refractivity contribution in [2.45, 2.75) is 19.4 Å². The first-order valence-corrected chi connectivity index (χ1v) is 5.64. The summed E-state index contributed by atoms with van der Waals surface area (Å²) < 4.78 is 5.23. The van der Waals surface area contributed by atoms with Gasteiger partial charge < -0.3 is 10.1 Å². The lowest BCUT2D eigenvalue weighted by Gasteiger charge is -2.16. The van der Waals surface area contributed by atoms with Gasteiger partial charge in [0, 0.05) is 11.9 Å². The second-order valence-electron chi connectivity index (χ2n) is 3.55. The van der Waals surface area contributed by atoms with Crippen molar-refractivity contribution in [1.82, 2.24) is 5.32 Å². The molecule has 0 fully saturated rings. The molecular weight excluding hydrogens is 210 g/mol. The van der Waals surface area contributed by atoms with Gasteiger partial charge in [-0.25, -0.2) is 0 Å². The highest BCUT2D eigenvalue weighted by Crippen LogP contribution is 2.24. The van der Waals surface area contributed by atoms with E-state index in [1.165, 1.54) is 5.56 Å². The van der Waals surface area contributed by atoms with E-state index >= 15 is 0 Å². The molecule has 1 aromatic rings. The smallest absolute Gasteiger partial charge is 0.121 e. The van der Waals surface area contributed by atoms with Crippen LogP contribution in [0.3, 0.4) is 0 Å². The third-order valence-electron chi connectivity index (χ3n) is 2.57. The molecular formula is C12H18ClNO. The molecule has 0 bridgehead atoms. The molecule has 15 heavy (non-hydrogen) atoms. The number of hydrogen-bond donors (Lipinski definition) is 1. The monoisotopic (exact) mass is 227 g/mol. The molecule has 0 radical (unpaired) electrons. The molecule has 1 aromatic carbocycles. The maximum absolute atomic E-state index is 5.76. The number of aryl methyl sites for hydroxylation is 1. The molecule has 0 spiro atoms. The zero-order chi connectivity index (χ0) is 11.3. The SMILES string of the molecule is CNC(CCCl)c1ccc(OC)c(C)c1. The first-order chi connectivity index (χ1) is 7.22. The van der Waals surface area contributed by atoms with Gasteiger partial charge in [0.05, 0.1) is 7.11 Å². The van der Waals surface area contributed by atoms with E-state index in [4.69, 9.17) is 16.3 Å². The Morgan fingerprint density at radius 1 is 1.47 bits per heavy atom. The molecule has 0 saturated heterocycles. The molecule has 1 rings (SSSR count). The quantitative estimate of drug-likeness (QED) is 0.782. The van der Waals surface area contributed by atoms with Gasteiger partial charge in [-0.05, 0) is 37.6 Å². The van der Waals surface area contributed by atoms with Crippen LogP contribution in [0.4, 0.5) is 0 Å². The van der Waals surface area contributed by atoms with Gasteiger partial charge in [-0.2, -0.15) is 0 Å². The van der Waals surface area contributed by atoms with Gasteiger partial charge in [-0.1, -0.05) is 12.1 Å². The lowest BCUT2D eigenvalue weighted by Crippen LogP contribution is -2.16. The topological polar surface area (TPSA) is 21.3 Å². The summed E-state index contributed by atoms with van der Waals surface area (Å²) in [7, 11) is 3.65. The van der Waals surface area contributed by atoms with Crippen molar-refractivity contribution >= 4 is 11.6 Å². The van der Waals surface area contributed by atoms with Crippen molar-refractivity contribution < 1.29 is 4.74 Å². The summed E-state index contributed by atoms with van der Waals surface area (Å²) in [6, 6.07) is 6.56. The van der Waals surface area contributed by atoms with Crippen LogP contribution in [0.15, 0.2) is 18.2 Å². The second-order valence-corrected chi connectivity index (χ2v) is 3.93. The fourth-order valence-corrected chi connectivity index (χ4v) is 1.92. The Morgan fingerprint density at radius 3 is 2.67 bits per heavy atom. The summed E-state index contributed by atoms with van der Waals surface area (Å²) in [5.74, 6) is 1.59. The maximum atomic E-state index is 5.76. The lowest BCUT2D eigenvalue weighted by atomic mass is 10.0. The number of benzene rings is 1. The average molecular weight is 228 g/mol. The van der Waals surface area contributed by atoms with Gasteiger partial charge >= 0.3 is 0 Å². The molecule has 1 atom stereocenters. The van der Waals surface area contributed by atoms with Crippen molar-refractivity contribution in [3.8, 4) is 5.75 Å². The van der Waals surface area contributed by atoms with Crippen LogP contribution >= 0.6 is 11.6 Å². The first kappa shape index (κ1) is 12.3. The highest BCUT2D eigenvalue weighted by Gasteiger charge is 2.09. The highest BCUT2D eigenvalue weighted by molar-refractivity contribution is 6.17. The summed E-state index contributed by atoms with van der Waals surface area (Å²) in [4.78, 5) is 0. The van der Waals surface area contributed by atoms with Gasteiger partial charge in [0.25, 0.3) is 0 Å². The zero-order valence-corrected chi connectivity index (χ0v) is 10.3. The largest absolute Gasteiger partial charge is 0.496 e. The Labute approximate surface area is 96.6 Å². The molecule has 0 heterocycles. The Balaban J connectivity index is 2.89. The number of methoxy groups -OCH3 is 1. The summed E-state index contributed by atoms with van der Waals surface area (Å²) in [6.07, 6.45) is 0.934. The molecule has 0 amide bonds. The fourth-order valence-electron chi connectivity index (χ4n) is 1.71. The molecule has 2 nitrogen and oxygen atoms in total. The summed E-state index contributed by atoms with van der Waals surface area (Å²) in [6.45, 7) is 2.05. The minimum Gasteiger partial charge on any atom is -0.496 e. The summed E-state index contributed by atoms with van der Waals surface area (Å²) in [5.41, 5.74) is 2.42. The van der Waals surface area contributed by atoms with E-state index in [0.717, 1.165) is 17.7 Å². The van der Waals surface area contributed by atoms with E-state index in [-0.39, 0.29) is 0 Å². The van der Waals surface area contributed by atoms with Gasteiger partial charge in [0.2, 0.25) is 0 Å².